The summed E-state index contributed by atoms with van der Waals surface area (Å²) in [6.07, 6.45) is 1.63. The Labute approximate surface area is 83.5 Å². The Balaban J connectivity index is 2.36. The molecule has 1 saturated heterocycles. The van der Waals surface area contributed by atoms with Gasteiger partial charge in [0.2, 0.25) is 5.91 Å². The third-order valence-electron chi connectivity index (χ3n) is 2.59. The molecule has 2 rings (SSSR count). The second kappa shape index (κ2) is 3.33. The average Bonchev–Trinajstić information content (AvgIpc) is 2.52. The van der Waals surface area contributed by atoms with Gasteiger partial charge in [0.05, 0.1) is 0 Å². The summed E-state index contributed by atoms with van der Waals surface area (Å²) >= 11 is 0. The maximum Gasteiger partial charge on any atom is 0.227 e. The third kappa shape index (κ3) is 1.45. The van der Waals surface area contributed by atoms with Crippen molar-refractivity contribution in [3.8, 4) is 0 Å². The summed E-state index contributed by atoms with van der Waals surface area (Å²) in [4.78, 5) is 13.3. The van der Waals surface area contributed by atoms with E-state index in [9.17, 15) is 4.79 Å². The minimum atomic E-state index is 0.220. The maximum absolute atomic E-state index is 11.5. The van der Waals surface area contributed by atoms with Crippen LogP contribution in [0.5, 0.6) is 0 Å². The van der Waals surface area contributed by atoms with Gasteiger partial charge in [0.1, 0.15) is 0 Å². The number of hydrogen-bond acceptors (Lipinski definition) is 2. The molecule has 1 fully saturated rings. The minimum Gasteiger partial charge on any atom is -0.399 e. The molecule has 14 heavy (non-hydrogen) atoms. The number of nitrogens with zero attached hydrogens (tertiary/aromatic N) is 1. The Morgan fingerprint density at radius 2 is 2.21 bits per heavy atom. The predicted octanol–water partition coefficient (Wildman–Crippen LogP) is 1.70. The lowest BCUT2D eigenvalue weighted by Crippen LogP contribution is -2.24. The first kappa shape index (κ1) is 9.06. The highest BCUT2D eigenvalue weighted by molar-refractivity contribution is 5.96. The predicted molar refractivity (Wildman–Crippen MR) is 57.2 cm³/mol. The number of amides is 1. The van der Waals surface area contributed by atoms with Gasteiger partial charge in [-0.15, -0.1) is 0 Å². The monoisotopic (exact) mass is 190 g/mol. The molecule has 1 aliphatic heterocycles. The number of carbonyl (C=O) groups excluding carboxylic acids is 1. The van der Waals surface area contributed by atoms with Crippen molar-refractivity contribution in [1.82, 2.24) is 0 Å². The zero-order chi connectivity index (χ0) is 10.1. The van der Waals surface area contributed by atoms with Gasteiger partial charge in [-0.2, -0.15) is 0 Å². The van der Waals surface area contributed by atoms with E-state index in [1.54, 1.807) is 0 Å². The van der Waals surface area contributed by atoms with Crippen LogP contribution in [0.3, 0.4) is 0 Å². The van der Waals surface area contributed by atoms with E-state index in [4.69, 9.17) is 5.73 Å². The Kier molecular flexibility index (Phi) is 2.15. The van der Waals surface area contributed by atoms with Crippen molar-refractivity contribution in [2.45, 2.75) is 19.8 Å². The number of nitrogen functional groups attached to an aromatic ring is 1. The van der Waals surface area contributed by atoms with Crippen molar-refractivity contribution in [3.63, 3.8) is 0 Å². The SMILES string of the molecule is Cc1cc(N)ccc1N1CCCC1=O. The number of carbonyl (C=O) groups is 1. The molecular weight excluding hydrogens is 176 g/mol. The van der Waals surface area contributed by atoms with Gasteiger partial charge in [0.15, 0.2) is 0 Å². The molecule has 0 atom stereocenters. The van der Waals surface area contributed by atoms with Crippen molar-refractivity contribution >= 4 is 17.3 Å². The van der Waals surface area contributed by atoms with Crippen LogP contribution in [-0.2, 0) is 4.79 Å². The molecule has 1 aromatic carbocycles. The second-order valence-electron chi connectivity index (χ2n) is 3.69. The number of rotatable bonds is 1. The lowest BCUT2D eigenvalue weighted by molar-refractivity contribution is -0.117. The van der Waals surface area contributed by atoms with Crippen molar-refractivity contribution in [2.75, 3.05) is 17.2 Å². The summed E-state index contributed by atoms with van der Waals surface area (Å²) in [5, 5.41) is 0. The fourth-order valence-electron chi connectivity index (χ4n) is 1.88. The first-order valence-electron chi connectivity index (χ1n) is 4.85. The summed E-state index contributed by atoms with van der Waals surface area (Å²) in [5.41, 5.74) is 8.48. The van der Waals surface area contributed by atoms with E-state index in [1.807, 2.05) is 30.0 Å². The largest absolute Gasteiger partial charge is 0.399 e. The molecular formula is C11H14N2O. The van der Waals surface area contributed by atoms with E-state index >= 15 is 0 Å². The number of nitrogens with two attached hydrogens (primary N) is 1. The highest BCUT2D eigenvalue weighted by atomic mass is 16.2. The topological polar surface area (TPSA) is 46.3 Å². The summed E-state index contributed by atoms with van der Waals surface area (Å²) < 4.78 is 0. The van der Waals surface area contributed by atoms with E-state index in [0.717, 1.165) is 29.9 Å². The van der Waals surface area contributed by atoms with E-state index in [-0.39, 0.29) is 5.91 Å². The van der Waals surface area contributed by atoms with Crippen molar-refractivity contribution in [1.29, 1.82) is 0 Å². The Hall–Kier alpha value is -1.51. The molecule has 74 valence electrons. The Bertz CT molecular complexity index is 374. The van der Waals surface area contributed by atoms with Crippen molar-refractivity contribution < 1.29 is 4.79 Å². The van der Waals surface area contributed by atoms with Gasteiger partial charge in [-0.25, -0.2) is 0 Å². The molecule has 1 amide bonds. The second-order valence-corrected chi connectivity index (χ2v) is 3.69. The van der Waals surface area contributed by atoms with Crippen LogP contribution in [0.4, 0.5) is 11.4 Å². The number of aryl methyl sites for hydroxylation is 1. The van der Waals surface area contributed by atoms with Crippen molar-refractivity contribution in [2.24, 2.45) is 0 Å². The van der Waals surface area contributed by atoms with Gasteiger partial charge >= 0.3 is 0 Å². The van der Waals surface area contributed by atoms with Gasteiger partial charge in [-0.05, 0) is 37.1 Å². The van der Waals surface area contributed by atoms with Crippen LogP contribution in [0.25, 0.3) is 0 Å². The van der Waals surface area contributed by atoms with E-state index in [1.165, 1.54) is 0 Å². The van der Waals surface area contributed by atoms with E-state index in [0.29, 0.717) is 6.42 Å². The van der Waals surface area contributed by atoms with Crippen LogP contribution in [0.2, 0.25) is 0 Å². The zero-order valence-electron chi connectivity index (χ0n) is 8.29. The summed E-state index contributed by atoms with van der Waals surface area (Å²) in [5.74, 6) is 0.220. The molecule has 0 aromatic heterocycles. The molecule has 3 nitrogen and oxygen atoms in total. The normalized spacial score (nSPS) is 16.4. The molecule has 0 unspecified atom stereocenters. The molecule has 0 aliphatic carbocycles. The van der Waals surface area contributed by atoms with Crippen LogP contribution >= 0.6 is 0 Å². The molecule has 1 aromatic rings. The molecule has 0 saturated carbocycles. The van der Waals surface area contributed by atoms with Crippen LogP contribution in [0, 0.1) is 6.92 Å². The first-order chi connectivity index (χ1) is 6.68. The minimum absolute atomic E-state index is 0.220. The maximum atomic E-state index is 11.5. The Morgan fingerprint density at radius 3 is 2.79 bits per heavy atom. The number of hydrogen-bond donors (Lipinski definition) is 1. The highest BCUT2D eigenvalue weighted by Crippen LogP contribution is 2.26. The quantitative estimate of drug-likeness (QED) is 0.685. The van der Waals surface area contributed by atoms with E-state index in [2.05, 4.69) is 0 Å². The fraction of sp³-hybridized carbons (Fsp3) is 0.364. The molecule has 0 bridgehead atoms. The standard InChI is InChI=1S/C11H14N2O/c1-8-7-9(12)4-5-10(8)13-6-2-3-11(13)14/h4-5,7H,2-3,6,12H2,1H3. The van der Waals surface area contributed by atoms with Gasteiger partial charge < -0.3 is 10.6 Å². The van der Waals surface area contributed by atoms with Crippen LogP contribution in [-0.4, -0.2) is 12.5 Å². The molecule has 0 radical (unpaired) electrons. The van der Waals surface area contributed by atoms with Crippen LogP contribution in [0.1, 0.15) is 18.4 Å². The first-order valence-corrected chi connectivity index (χ1v) is 4.85. The van der Waals surface area contributed by atoms with Crippen LogP contribution < -0.4 is 10.6 Å². The average molecular weight is 190 g/mol. The molecule has 3 heteroatoms. The lowest BCUT2D eigenvalue weighted by Gasteiger charge is -2.18. The van der Waals surface area contributed by atoms with Crippen LogP contribution in [0.15, 0.2) is 18.2 Å². The van der Waals surface area contributed by atoms with E-state index < -0.39 is 0 Å². The van der Waals surface area contributed by atoms with Gasteiger partial charge in [0, 0.05) is 24.3 Å². The van der Waals surface area contributed by atoms with Crippen molar-refractivity contribution in [3.05, 3.63) is 23.8 Å². The van der Waals surface area contributed by atoms with Gasteiger partial charge in [-0.3, -0.25) is 4.79 Å². The summed E-state index contributed by atoms with van der Waals surface area (Å²) in [6, 6.07) is 5.67. The molecule has 0 spiro atoms. The number of anilines is 2. The van der Waals surface area contributed by atoms with Gasteiger partial charge in [-0.1, -0.05) is 0 Å². The number of benzene rings is 1. The molecule has 2 N–H and O–H groups in total. The molecule has 1 aliphatic rings. The summed E-state index contributed by atoms with van der Waals surface area (Å²) in [6.45, 7) is 2.82. The fourth-order valence-corrected chi connectivity index (χ4v) is 1.88. The zero-order valence-corrected chi connectivity index (χ0v) is 8.29. The highest BCUT2D eigenvalue weighted by Gasteiger charge is 2.22. The lowest BCUT2D eigenvalue weighted by atomic mass is 10.1. The summed E-state index contributed by atoms with van der Waals surface area (Å²) in [7, 11) is 0. The molecule has 1 heterocycles. The smallest absolute Gasteiger partial charge is 0.227 e. The Morgan fingerprint density at radius 1 is 1.43 bits per heavy atom. The van der Waals surface area contributed by atoms with Gasteiger partial charge in [0.25, 0.3) is 0 Å². The third-order valence-corrected chi connectivity index (χ3v) is 2.59.